The smallest absolute Gasteiger partial charge is 0.282 e. The number of hydrogen-bond acceptors (Lipinski definition) is 3. The summed E-state index contributed by atoms with van der Waals surface area (Å²) >= 11 is 0. The Morgan fingerprint density at radius 1 is 1.20 bits per heavy atom. The summed E-state index contributed by atoms with van der Waals surface area (Å²) in [6.45, 7) is 6.84. The van der Waals surface area contributed by atoms with E-state index in [9.17, 15) is 12.8 Å². The highest BCUT2D eigenvalue weighted by Gasteiger charge is 2.39. The van der Waals surface area contributed by atoms with Gasteiger partial charge in [-0.1, -0.05) is 26.0 Å². The molecule has 2 saturated heterocycles. The van der Waals surface area contributed by atoms with Gasteiger partial charge in [-0.05, 0) is 36.0 Å². The zero-order valence-corrected chi connectivity index (χ0v) is 16.3. The number of nitrogens with zero attached hydrogens (tertiary/aromatic N) is 2. The second-order valence-corrected chi connectivity index (χ2v) is 9.04. The summed E-state index contributed by atoms with van der Waals surface area (Å²) in [6, 6.07) is 5.88. The molecule has 0 amide bonds. The van der Waals surface area contributed by atoms with E-state index in [1.54, 1.807) is 20.7 Å². The maximum absolute atomic E-state index is 13.6. The molecule has 0 saturated carbocycles. The molecule has 0 aromatic heterocycles. The summed E-state index contributed by atoms with van der Waals surface area (Å²) in [6.07, 6.45) is 1.06. The van der Waals surface area contributed by atoms with Crippen molar-refractivity contribution in [3.8, 4) is 0 Å². The summed E-state index contributed by atoms with van der Waals surface area (Å²) < 4.78 is 43.2. The van der Waals surface area contributed by atoms with E-state index in [1.807, 2.05) is 0 Å². The first-order valence-corrected chi connectivity index (χ1v) is 10.0. The van der Waals surface area contributed by atoms with E-state index in [1.165, 1.54) is 12.1 Å². The van der Waals surface area contributed by atoms with Gasteiger partial charge in [-0.25, -0.2) is 4.39 Å². The van der Waals surface area contributed by atoms with Crippen molar-refractivity contribution in [2.24, 2.45) is 11.8 Å². The standard InChI is InChI=1S/C17H26FN3O2S.ClH/c1-13-8-14(2)12-20(11-13)24(22,23)21-7-6-19-10-17(21)15-4-3-5-16(18)9-15;/h3-5,9,13-14,17,19H,6-8,10-12H2,1-2H3;1H. The third-order valence-corrected chi connectivity index (χ3v) is 6.87. The van der Waals surface area contributed by atoms with Crippen LogP contribution in [0, 0.1) is 17.7 Å². The fourth-order valence-corrected chi connectivity index (χ4v) is 5.92. The molecule has 1 aromatic carbocycles. The molecule has 2 aliphatic heterocycles. The van der Waals surface area contributed by atoms with Crippen LogP contribution in [0.3, 0.4) is 0 Å². The van der Waals surface area contributed by atoms with Crippen LogP contribution in [-0.4, -0.2) is 49.8 Å². The van der Waals surface area contributed by atoms with Crippen LogP contribution in [0.4, 0.5) is 4.39 Å². The van der Waals surface area contributed by atoms with E-state index in [0.29, 0.717) is 50.1 Å². The minimum Gasteiger partial charge on any atom is -0.313 e. The molecule has 1 aromatic rings. The molecule has 25 heavy (non-hydrogen) atoms. The highest BCUT2D eigenvalue weighted by molar-refractivity contribution is 7.86. The number of nitrogens with one attached hydrogen (secondary N) is 1. The van der Waals surface area contributed by atoms with E-state index in [0.717, 1.165) is 6.42 Å². The van der Waals surface area contributed by atoms with Crippen molar-refractivity contribution in [2.75, 3.05) is 32.7 Å². The van der Waals surface area contributed by atoms with Crippen molar-refractivity contribution < 1.29 is 12.8 Å². The zero-order chi connectivity index (χ0) is 17.3. The highest BCUT2D eigenvalue weighted by atomic mass is 35.5. The van der Waals surface area contributed by atoms with Gasteiger partial charge in [-0.2, -0.15) is 17.0 Å². The van der Waals surface area contributed by atoms with Crippen molar-refractivity contribution in [3.63, 3.8) is 0 Å². The second kappa shape index (κ2) is 8.31. The van der Waals surface area contributed by atoms with Crippen LogP contribution < -0.4 is 5.32 Å². The summed E-state index contributed by atoms with van der Waals surface area (Å²) in [5, 5.41) is 3.23. The Morgan fingerprint density at radius 3 is 2.52 bits per heavy atom. The lowest BCUT2D eigenvalue weighted by Crippen LogP contribution is -2.55. The number of piperazine rings is 1. The lowest BCUT2D eigenvalue weighted by atomic mass is 9.94. The summed E-state index contributed by atoms with van der Waals surface area (Å²) in [5.41, 5.74) is 0.698. The Balaban J connectivity index is 0.00000225. The topological polar surface area (TPSA) is 52.7 Å². The number of benzene rings is 1. The van der Waals surface area contributed by atoms with Gasteiger partial charge in [0, 0.05) is 32.7 Å². The molecular weight excluding hydrogens is 365 g/mol. The minimum absolute atomic E-state index is 0. The second-order valence-electron chi connectivity index (χ2n) is 7.16. The van der Waals surface area contributed by atoms with Crippen LogP contribution in [0.5, 0.6) is 0 Å². The third kappa shape index (κ3) is 4.52. The SMILES string of the molecule is CC1CC(C)CN(S(=O)(=O)N2CCNCC2c2cccc(F)c2)C1.Cl. The summed E-state index contributed by atoms with van der Waals surface area (Å²) in [5.74, 6) is 0.383. The van der Waals surface area contributed by atoms with E-state index in [2.05, 4.69) is 19.2 Å². The van der Waals surface area contributed by atoms with Gasteiger partial charge in [0.1, 0.15) is 5.82 Å². The molecule has 5 nitrogen and oxygen atoms in total. The molecule has 142 valence electrons. The number of hydrogen-bond donors (Lipinski definition) is 1. The Morgan fingerprint density at radius 2 is 1.88 bits per heavy atom. The Labute approximate surface area is 156 Å². The molecule has 2 heterocycles. The fraction of sp³-hybridized carbons (Fsp3) is 0.647. The molecule has 3 atom stereocenters. The molecule has 3 rings (SSSR count). The monoisotopic (exact) mass is 391 g/mol. The van der Waals surface area contributed by atoms with E-state index in [4.69, 9.17) is 0 Å². The van der Waals surface area contributed by atoms with Gasteiger partial charge in [0.25, 0.3) is 10.2 Å². The maximum atomic E-state index is 13.6. The van der Waals surface area contributed by atoms with Crippen molar-refractivity contribution >= 4 is 22.6 Å². The zero-order valence-electron chi connectivity index (χ0n) is 14.7. The van der Waals surface area contributed by atoms with Gasteiger partial charge in [0.2, 0.25) is 0 Å². The van der Waals surface area contributed by atoms with Crippen molar-refractivity contribution in [1.29, 1.82) is 0 Å². The largest absolute Gasteiger partial charge is 0.313 e. The number of halogens is 2. The molecule has 0 bridgehead atoms. The quantitative estimate of drug-likeness (QED) is 0.860. The normalized spacial score (nSPS) is 29.2. The first-order chi connectivity index (χ1) is 11.4. The van der Waals surface area contributed by atoms with Gasteiger partial charge < -0.3 is 5.32 Å². The van der Waals surface area contributed by atoms with Crippen LogP contribution in [0.1, 0.15) is 31.9 Å². The summed E-state index contributed by atoms with van der Waals surface area (Å²) in [7, 11) is -3.56. The lowest BCUT2D eigenvalue weighted by Gasteiger charge is -2.41. The van der Waals surface area contributed by atoms with Crippen LogP contribution >= 0.6 is 12.4 Å². The molecular formula is C17H27ClFN3O2S. The molecule has 0 aliphatic carbocycles. The molecule has 0 spiro atoms. The highest BCUT2D eigenvalue weighted by Crippen LogP contribution is 2.30. The van der Waals surface area contributed by atoms with Crippen LogP contribution in [0.2, 0.25) is 0 Å². The average Bonchev–Trinajstić information content (AvgIpc) is 2.54. The molecule has 8 heteroatoms. The Kier molecular flexibility index (Phi) is 6.84. The van der Waals surface area contributed by atoms with Crippen LogP contribution in [-0.2, 0) is 10.2 Å². The average molecular weight is 392 g/mol. The maximum Gasteiger partial charge on any atom is 0.282 e. The molecule has 2 fully saturated rings. The van der Waals surface area contributed by atoms with E-state index < -0.39 is 10.2 Å². The lowest BCUT2D eigenvalue weighted by molar-refractivity contribution is 0.190. The van der Waals surface area contributed by atoms with Crippen molar-refractivity contribution in [3.05, 3.63) is 35.6 Å². The van der Waals surface area contributed by atoms with Crippen LogP contribution in [0.25, 0.3) is 0 Å². The Hall–Kier alpha value is -0.730. The molecule has 3 unspecified atom stereocenters. The van der Waals surface area contributed by atoms with Gasteiger partial charge in [0.15, 0.2) is 0 Å². The Bertz CT molecular complexity index is 678. The third-order valence-electron chi connectivity index (χ3n) is 4.89. The van der Waals surface area contributed by atoms with Crippen molar-refractivity contribution in [2.45, 2.75) is 26.3 Å². The summed E-state index contributed by atoms with van der Waals surface area (Å²) in [4.78, 5) is 0. The van der Waals surface area contributed by atoms with Gasteiger partial charge in [-0.15, -0.1) is 12.4 Å². The van der Waals surface area contributed by atoms with E-state index in [-0.39, 0.29) is 24.3 Å². The fourth-order valence-electron chi connectivity index (χ4n) is 3.90. The van der Waals surface area contributed by atoms with Gasteiger partial charge in [0.05, 0.1) is 6.04 Å². The minimum atomic E-state index is -3.56. The van der Waals surface area contributed by atoms with E-state index >= 15 is 0 Å². The van der Waals surface area contributed by atoms with Crippen LogP contribution in [0.15, 0.2) is 24.3 Å². The predicted octanol–water partition coefficient (Wildman–Crippen LogP) is 2.42. The van der Waals surface area contributed by atoms with Gasteiger partial charge in [-0.3, -0.25) is 0 Å². The predicted molar refractivity (Wildman–Crippen MR) is 99.4 cm³/mol. The molecule has 2 aliphatic rings. The van der Waals surface area contributed by atoms with Crippen molar-refractivity contribution in [1.82, 2.24) is 13.9 Å². The first-order valence-electron chi connectivity index (χ1n) is 8.61. The molecule has 0 radical (unpaired) electrons. The molecule has 1 N–H and O–H groups in total. The number of rotatable bonds is 3. The number of piperidine rings is 1. The van der Waals surface area contributed by atoms with Gasteiger partial charge >= 0.3 is 0 Å². The first kappa shape index (κ1) is 20.6.